The monoisotopic (exact) mass is 279 g/mol. The third-order valence-corrected chi connectivity index (χ3v) is 4.18. The first kappa shape index (κ1) is 15.0. The van der Waals surface area contributed by atoms with Gasteiger partial charge < -0.3 is 10.6 Å². The van der Waals surface area contributed by atoms with E-state index in [0.717, 1.165) is 31.6 Å². The van der Waals surface area contributed by atoms with Crippen molar-refractivity contribution >= 4 is 5.91 Å². The molecule has 112 valence electrons. The van der Waals surface area contributed by atoms with Gasteiger partial charge in [-0.3, -0.25) is 9.89 Å². The van der Waals surface area contributed by atoms with Crippen molar-refractivity contribution in [1.82, 2.24) is 20.1 Å². The number of nitrogens with zero attached hydrogens (tertiary/aromatic N) is 3. The highest BCUT2D eigenvalue weighted by Gasteiger charge is 2.32. The highest BCUT2D eigenvalue weighted by atomic mass is 16.2. The van der Waals surface area contributed by atoms with Crippen molar-refractivity contribution in [1.29, 1.82) is 0 Å². The van der Waals surface area contributed by atoms with Crippen LogP contribution in [0.3, 0.4) is 0 Å². The number of aromatic nitrogens is 3. The van der Waals surface area contributed by atoms with Gasteiger partial charge in [0.1, 0.15) is 5.82 Å². The van der Waals surface area contributed by atoms with Gasteiger partial charge in [-0.05, 0) is 18.8 Å². The molecule has 1 saturated heterocycles. The average Bonchev–Trinajstić information content (AvgIpc) is 2.95. The lowest BCUT2D eigenvalue weighted by Crippen LogP contribution is -2.49. The molecule has 0 spiro atoms. The van der Waals surface area contributed by atoms with Gasteiger partial charge >= 0.3 is 0 Å². The third-order valence-electron chi connectivity index (χ3n) is 4.18. The van der Waals surface area contributed by atoms with E-state index in [4.69, 9.17) is 5.73 Å². The molecule has 0 radical (unpaired) electrons. The molecule has 6 heteroatoms. The lowest BCUT2D eigenvalue weighted by atomic mass is 9.89. The minimum atomic E-state index is -0.0989. The number of rotatable bonds is 4. The molecule has 1 aliphatic heterocycles. The Labute approximate surface area is 120 Å². The minimum Gasteiger partial charge on any atom is -0.332 e. The quantitative estimate of drug-likeness (QED) is 0.874. The maximum absolute atomic E-state index is 12.5. The summed E-state index contributed by atoms with van der Waals surface area (Å²) in [5.41, 5.74) is 5.84. The van der Waals surface area contributed by atoms with Crippen molar-refractivity contribution < 1.29 is 4.79 Å². The smallest absolute Gasteiger partial charge is 0.293 e. The van der Waals surface area contributed by atoms with Crippen LogP contribution in [0.4, 0.5) is 0 Å². The SMILES string of the molecule is CCC1CCN(C(=O)c2n[nH]c(C(C)C)n2)C(CN)C1. The second-order valence-corrected chi connectivity index (χ2v) is 5.89. The van der Waals surface area contributed by atoms with Crippen LogP contribution in [-0.2, 0) is 0 Å². The summed E-state index contributed by atoms with van der Waals surface area (Å²) >= 11 is 0. The van der Waals surface area contributed by atoms with Gasteiger partial charge in [-0.2, -0.15) is 0 Å². The number of nitrogens with two attached hydrogens (primary N) is 1. The van der Waals surface area contributed by atoms with Crippen LogP contribution >= 0.6 is 0 Å². The van der Waals surface area contributed by atoms with Crippen molar-refractivity contribution in [2.45, 2.75) is 52.0 Å². The molecule has 2 atom stereocenters. The fourth-order valence-corrected chi connectivity index (χ4v) is 2.75. The molecule has 0 aromatic carbocycles. The normalized spacial score (nSPS) is 23.4. The van der Waals surface area contributed by atoms with Gasteiger partial charge in [0.25, 0.3) is 5.91 Å². The molecule has 20 heavy (non-hydrogen) atoms. The zero-order chi connectivity index (χ0) is 14.7. The number of carbonyl (C=O) groups excluding carboxylic acids is 1. The summed E-state index contributed by atoms with van der Waals surface area (Å²) in [6.45, 7) is 7.49. The van der Waals surface area contributed by atoms with E-state index in [2.05, 4.69) is 22.1 Å². The number of amides is 1. The zero-order valence-electron chi connectivity index (χ0n) is 12.6. The Hall–Kier alpha value is -1.43. The first-order chi connectivity index (χ1) is 9.56. The lowest BCUT2D eigenvalue weighted by Gasteiger charge is -2.38. The highest BCUT2D eigenvalue weighted by Crippen LogP contribution is 2.25. The molecule has 1 aromatic heterocycles. The molecule has 0 bridgehead atoms. The number of piperidine rings is 1. The van der Waals surface area contributed by atoms with Gasteiger partial charge in [0.2, 0.25) is 5.82 Å². The number of H-pyrrole nitrogens is 1. The maximum atomic E-state index is 12.5. The molecule has 0 saturated carbocycles. The molecule has 1 aromatic rings. The molecule has 1 amide bonds. The van der Waals surface area contributed by atoms with Crippen molar-refractivity contribution in [3.63, 3.8) is 0 Å². The summed E-state index contributed by atoms with van der Waals surface area (Å²) in [6, 6.07) is 0.113. The van der Waals surface area contributed by atoms with E-state index in [0.29, 0.717) is 12.5 Å². The molecule has 1 aliphatic rings. The van der Waals surface area contributed by atoms with Crippen LogP contribution in [0.15, 0.2) is 0 Å². The van der Waals surface area contributed by atoms with E-state index in [9.17, 15) is 4.79 Å². The van der Waals surface area contributed by atoms with Crippen LogP contribution in [-0.4, -0.2) is 45.1 Å². The summed E-state index contributed by atoms with van der Waals surface area (Å²) in [5.74, 6) is 1.83. The van der Waals surface area contributed by atoms with E-state index in [-0.39, 0.29) is 23.7 Å². The number of likely N-dealkylation sites (tertiary alicyclic amines) is 1. The summed E-state index contributed by atoms with van der Waals surface area (Å²) in [4.78, 5) is 18.7. The van der Waals surface area contributed by atoms with Crippen LogP contribution in [0, 0.1) is 5.92 Å². The number of hydrogen-bond donors (Lipinski definition) is 2. The molecule has 2 unspecified atom stereocenters. The Kier molecular flexibility index (Phi) is 4.75. The van der Waals surface area contributed by atoms with E-state index in [1.165, 1.54) is 0 Å². The molecule has 2 rings (SSSR count). The number of aromatic amines is 1. The van der Waals surface area contributed by atoms with Gasteiger partial charge in [0.15, 0.2) is 0 Å². The number of nitrogens with one attached hydrogen (secondary N) is 1. The molecular formula is C14H25N5O. The maximum Gasteiger partial charge on any atom is 0.293 e. The Balaban J connectivity index is 2.10. The van der Waals surface area contributed by atoms with E-state index >= 15 is 0 Å². The Morgan fingerprint density at radius 3 is 2.85 bits per heavy atom. The molecule has 2 heterocycles. The molecule has 3 N–H and O–H groups in total. The largest absolute Gasteiger partial charge is 0.332 e. The van der Waals surface area contributed by atoms with E-state index in [1.807, 2.05) is 18.7 Å². The van der Waals surface area contributed by atoms with Crippen LogP contribution in [0.2, 0.25) is 0 Å². The Morgan fingerprint density at radius 1 is 1.55 bits per heavy atom. The molecular weight excluding hydrogens is 254 g/mol. The average molecular weight is 279 g/mol. The van der Waals surface area contributed by atoms with Gasteiger partial charge in [0.05, 0.1) is 0 Å². The van der Waals surface area contributed by atoms with Gasteiger partial charge in [-0.15, -0.1) is 5.10 Å². The second kappa shape index (κ2) is 6.35. The predicted octanol–water partition coefficient (Wildman–Crippen LogP) is 1.52. The topological polar surface area (TPSA) is 87.9 Å². The van der Waals surface area contributed by atoms with Crippen LogP contribution in [0.1, 0.15) is 62.4 Å². The summed E-state index contributed by atoms with van der Waals surface area (Å²) < 4.78 is 0. The zero-order valence-corrected chi connectivity index (χ0v) is 12.6. The first-order valence-corrected chi connectivity index (χ1v) is 7.50. The standard InChI is InChI=1S/C14H25N5O/c1-4-10-5-6-19(11(7-10)8-15)14(20)13-16-12(9(2)3)17-18-13/h9-11H,4-8,15H2,1-3H3,(H,16,17,18). The van der Waals surface area contributed by atoms with E-state index < -0.39 is 0 Å². The van der Waals surface area contributed by atoms with Crippen LogP contribution in [0.5, 0.6) is 0 Å². The second-order valence-electron chi connectivity index (χ2n) is 5.89. The fourth-order valence-electron chi connectivity index (χ4n) is 2.75. The summed E-state index contributed by atoms with van der Waals surface area (Å²) in [5, 5.41) is 6.89. The summed E-state index contributed by atoms with van der Waals surface area (Å²) in [6.07, 6.45) is 3.18. The fraction of sp³-hybridized carbons (Fsp3) is 0.786. The molecule has 6 nitrogen and oxygen atoms in total. The van der Waals surface area contributed by atoms with Crippen LogP contribution < -0.4 is 5.73 Å². The van der Waals surface area contributed by atoms with Crippen LogP contribution in [0.25, 0.3) is 0 Å². The Morgan fingerprint density at radius 2 is 2.30 bits per heavy atom. The predicted molar refractivity (Wildman–Crippen MR) is 77.4 cm³/mol. The lowest BCUT2D eigenvalue weighted by molar-refractivity contribution is 0.0546. The van der Waals surface area contributed by atoms with Gasteiger partial charge in [0, 0.05) is 25.0 Å². The third kappa shape index (κ3) is 3.00. The number of carbonyl (C=O) groups is 1. The van der Waals surface area contributed by atoms with Crippen molar-refractivity contribution in [3.8, 4) is 0 Å². The Bertz CT molecular complexity index is 456. The van der Waals surface area contributed by atoms with E-state index in [1.54, 1.807) is 0 Å². The summed E-state index contributed by atoms with van der Waals surface area (Å²) in [7, 11) is 0. The first-order valence-electron chi connectivity index (χ1n) is 7.50. The van der Waals surface area contributed by atoms with Crippen molar-refractivity contribution in [2.75, 3.05) is 13.1 Å². The van der Waals surface area contributed by atoms with Gasteiger partial charge in [-0.25, -0.2) is 4.98 Å². The molecule has 0 aliphatic carbocycles. The van der Waals surface area contributed by atoms with Crippen molar-refractivity contribution in [2.24, 2.45) is 11.7 Å². The van der Waals surface area contributed by atoms with Gasteiger partial charge in [-0.1, -0.05) is 27.2 Å². The minimum absolute atomic E-state index is 0.0989. The number of hydrogen-bond acceptors (Lipinski definition) is 4. The molecule has 1 fully saturated rings. The highest BCUT2D eigenvalue weighted by molar-refractivity contribution is 5.90. The van der Waals surface area contributed by atoms with Crippen molar-refractivity contribution in [3.05, 3.63) is 11.6 Å².